The molecule has 1 atom stereocenters. The highest BCUT2D eigenvalue weighted by Crippen LogP contribution is 2.30. The van der Waals surface area contributed by atoms with Gasteiger partial charge < -0.3 is 14.8 Å². The maximum atomic E-state index is 12.5. The fourth-order valence-electron chi connectivity index (χ4n) is 2.40. The molecular formula is C12H14FN3O5S. The van der Waals surface area contributed by atoms with E-state index in [0.29, 0.717) is 19.4 Å². The third kappa shape index (κ3) is 3.16. The van der Waals surface area contributed by atoms with Crippen molar-refractivity contribution in [3.8, 4) is 5.75 Å². The van der Waals surface area contributed by atoms with Crippen molar-refractivity contribution in [1.82, 2.24) is 9.88 Å². The molecule has 0 bridgehead atoms. The third-order valence-electron chi connectivity index (χ3n) is 3.57. The molecule has 10 heteroatoms. The Bertz CT molecular complexity index is 723. The highest BCUT2D eigenvalue weighted by molar-refractivity contribution is 7.81. The minimum atomic E-state index is -5.21. The van der Waals surface area contributed by atoms with Crippen molar-refractivity contribution < 1.29 is 26.1 Å². The summed E-state index contributed by atoms with van der Waals surface area (Å²) in [5.41, 5.74) is 4.19. The highest BCUT2D eigenvalue weighted by Gasteiger charge is 2.44. The van der Waals surface area contributed by atoms with Gasteiger partial charge in [-0.05, 0) is 25.8 Å². The first kappa shape index (κ1) is 16.1. The Hall–Kier alpha value is -2.23. The molecule has 0 aromatic carbocycles. The van der Waals surface area contributed by atoms with Crippen molar-refractivity contribution in [2.75, 3.05) is 6.54 Å². The molecule has 1 aromatic heterocycles. The first-order valence-electron chi connectivity index (χ1n) is 6.34. The topological polar surface area (TPSA) is 120 Å². The second kappa shape index (κ2) is 5.52. The average Bonchev–Trinajstić information content (AvgIpc) is 2.80. The third-order valence-corrected chi connectivity index (χ3v) is 3.96. The number of pyridine rings is 1. The van der Waals surface area contributed by atoms with E-state index in [2.05, 4.69) is 9.17 Å². The van der Waals surface area contributed by atoms with E-state index in [-0.39, 0.29) is 5.56 Å². The molecule has 0 aliphatic carbocycles. The van der Waals surface area contributed by atoms with Crippen LogP contribution in [-0.4, -0.2) is 42.2 Å². The molecule has 22 heavy (non-hydrogen) atoms. The molecule has 1 saturated heterocycles. The molecule has 1 aliphatic heterocycles. The largest absolute Gasteiger partial charge is 0.488 e. The first-order chi connectivity index (χ1) is 10.1. The minimum absolute atomic E-state index is 0.0319. The monoisotopic (exact) mass is 331 g/mol. The lowest BCUT2D eigenvalue weighted by Gasteiger charge is -2.32. The smallest absolute Gasteiger partial charge is 0.368 e. The number of rotatable bonds is 4. The zero-order valence-corrected chi connectivity index (χ0v) is 12.5. The maximum absolute atomic E-state index is 12.5. The van der Waals surface area contributed by atoms with E-state index in [4.69, 9.17) is 5.73 Å². The summed E-state index contributed by atoms with van der Waals surface area (Å²) in [4.78, 5) is 29.0. The van der Waals surface area contributed by atoms with Crippen molar-refractivity contribution in [3.63, 3.8) is 0 Å². The number of carbonyl (C=O) groups excluding carboxylic acids is 2. The van der Waals surface area contributed by atoms with Gasteiger partial charge in [0.05, 0.1) is 11.8 Å². The van der Waals surface area contributed by atoms with Crippen molar-refractivity contribution in [1.29, 1.82) is 0 Å². The molecule has 0 saturated carbocycles. The second-order valence-electron chi connectivity index (χ2n) is 5.08. The van der Waals surface area contributed by atoms with Crippen LogP contribution in [0.1, 0.15) is 30.1 Å². The fourth-order valence-corrected chi connectivity index (χ4v) is 2.72. The number of halogens is 1. The van der Waals surface area contributed by atoms with Crippen LogP contribution < -0.4 is 9.92 Å². The van der Waals surface area contributed by atoms with Gasteiger partial charge in [-0.25, -0.2) is 0 Å². The van der Waals surface area contributed by atoms with Gasteiger partial charge in [0.2, 0.25) is 5.91 Å². The number of carbonyl (C=O) groups is 2. The van der Waals surface area contributed by atoms with Crippen LogP contribution >= 0.6 is 0 Å². The lowest BCUT2D eigenvalue weighted by molar-refractivity contribution is -0.126. The van der Waals surface area contributed by atoms with Gasteiger partial charge in [0.25, 0.3) is 5.91 Å². The van der Waals surface area contributed by atoms with Crippen LogP contribution in [0, 0.1) is 0 Å². The molecular weight excluding hydrogens is 317 g/mol. The SMILES string of the molecule is C[C@@]1(C(N)=O)CCCN1C(=O)c1cncc(OS(=O)(=O)F)c1. The molecule has 0 unspecified atom stereocenters. The van der Waals surface area contributed by atoms with E-state index in [1.165, 1.54) is 11.1 Å². The van der Waals surface area contributed by atoms with Crippen molar-refractivity contribution >= 4 is 22.3 Å². The zero-order chi connectivity index (χ0) is 16.5. The maximum Gasteiger partial charge on any atom is 0.488 e. The number of nitrogens with two attached hydrogens (primary N) is 1. The molecule has 1 aromatic rings. The van der Waals surface area contributed by atoms with E-state index < -0.39 is 33.6 Å². The number of nitrogens with zero attached hydrogens (tertiary/aromatic N) is 2. The van der Waals surface area contributed by atoms with E-state index in [1.807, 2.05) is 0 Å². The summed E-state index contributed by atoms with van der Waals surface area (Å²) in [7, 11) is -5.21. The summed E-state index contributed by atoms with van der Waals surface area (Å²) in [6, 6.07) is 1.03. The summed E-state index contributed by atoms with van der Waals surface area (Å²) < 4.78 is 37.5. The fraction of sp³-hybridized carbons (Fsp3) is 0.417. The van der Waals surface area contributed by atoms with Gasteiger partial charge in [0.15, 0.2) is 5.75 Å². The van der Waals surface area contributed by atoms with Gasteiger partial charge in [0.1, 0.15) is 5.54 Å². The molecule has 2 N–H and O–H groups in total. The van der Waals surface area contributed by atoms with Crippen molar-refractivity contribution in [2.24, 2.45) is 5.73 Å². The standard InChI is InChI=1S/C12H14FN3O5S/c1-12(11(14)18)3-2-4-16(12)10(17)8-5-9(7-15-6-8)21-22(13,19)20/h5-7H,2-4H2,1H3,(H2,14,18)/t12-/m0/s1. The molecule has 8 nitrogen and oxygen atoms in total. The molecule has 1 fully saturated rings. The Labute approximate surface area is 126 Å². The van der Waals surface area contributed by atoms with Gasteiger partial charge in [-0.1, -0.05) is 3.89 Å². The van der Waals surface area contributed by atoms with E-state index >= 15 is 0 Å². The Kier molecular flexibility index (Phi) is 4.05. The summed E-state index contributed by atoms with van der Waals surface area (Å²) >= 11 is 0. The lowest BCUT2D eigenvalue weighted by Crippen LogP contribution is -2.53. The van der Waals surface area contributed by atoms with Gasteiger partial charge in [0, 0.05) is 12.7 Å². The second-order valence-corrected chi connectivity index (χ2v) is 6.04. The number of primary amides is 1. The minimum Gasteiger partial charge on any atom is -0.368 e. The van der Waals surface area contributed by atoms with Crippen LogP contribution in [0.15, 0.2) is 18.5 Å². The molecule has 0 radical (unpaired) electrons. The van der Waals surface area contributed by atoms with Crippen molar-refractivity contribution in [3.05, 3.63) is 24.0 Å². The molecule has 1 aliphatic rings. The van der Waals surface area contributed by atoms with Gasteiger partial charge in [-0.3, -0.25) is 14.6 Å². The van der Waals surface area contributed by atoms with E-state index in [1.54, 1.807) is 6.92 Å². The normalized spacial score (nSPS) is 21.6. The van der Waals surface area contributed by atoms with Gasteiger partial charge in [-0.2, -0.15) is 8.42 Å². The summed E-state index contributed by atoms with van der Waals surface area (Å²) in [6.07, 6.45) is 3.15. The summed E-state index contributed by atoms with van der Waals surface area (Å²) in [5.74, 6) is -1.63. The Balaban J connectivity index is 2.30. The number of hydrogen-bond donors (Lipinski definition) is 1. The number of aromatic nitrogens is 1. The molecule has 2 amide bonds. The summed E-state index contributed by atoms with van der Waals surface area (Å²) in [5, 5.41) is 0. The average molecular weight is 331 g/mol. The number of likely N-dealkylation sites (tertiary alicyclic amines) is 1. The quantitative estimate of drug-likeness (QED) is 0.785. The number of hydrogen-bond acceptors (Lipinski definition) is 6. The number of amides is 2. The van der Waals surface area contributed by atoms with Crippen LogP contribution in [0.4, 0.5) is 3.89 Å². The van der Waals surface area contributed by atoms with Crippen LogP contribution in [0.5, 0.6) is 5.75 Å². The molecule has 2 rings (SSSR count). The van der Waals surface area contributed by atoms with Gasteiger partial charge in [-0.15, -0.1) is 0 Å². The molecule has 0 spiro atoms. The lowest BCUT2D eigenvalue weighted by atomic mass is 9.97. The van der Waals surface area contributed by atoms with E-state index in [0.717, 1.165) is 12.3 Å². The first-order valence-corrected chi connectivity index (χ1v) is 7.65. The highest BCUT2D eigenvalue weighted by atomic mass is 32.3. The van der Waals surface area contributed by atoms with Gasteiger partial charge >= 0.3 is 10.5 Å². The van der Waals surface area contributed by atoms with E-state index in [9.17, 15) is 21.9 Å². The Morgan fingerprint density at radius 1 is 1.45 bits per heavy atom. The zero-order valence-electron chi connectivity index (χ0n) is 11.7. The Morgan fingerprint density at radius 3 is 2.73 bits per heavy atom. The predicted octanol–water partition coefficient (Wildman–Crippen LogP) is 0.155. The van der Waals surface area contributed by atoms with Crippen LogP contribution in [0.3, 0.4) is 0 Å². The molecule has 2 heterocycles. The van der Waals surface area contributed by atoms with Crippen molar-refractivity contribution in [2.45, 2.75) is 25.3 Å². The predicted molar refractivity (Wildman–Crippen MR) is 72.8 cm³/mol. The summed E-state index contributed by atoms with van der Waals surface area (Å²) in [6.45, 7) is 1.88. The molecule has 120 valence electrons. The van der Waals surface area contributed by atoms with Crippen LogP contribution in [0.2, 0.25) is 0 Å². The Morgan fingerprint density at radius 2 is 2.14 bits per heavy atom. The van der Waals surface area contributed by atoms with Crippen LogP contribution in [-0.2, 0) is 15.3 Å². The van der Waals surface area contributed by atoms with Crippen LogP contribution in [0.25, 0.3) is 0 Å².